The molecule has 1 atom stereocenters. The maximum absolute atomic E-state index is 12.2. The second-order valence-corrected chi connectivity index (χ2v) is 3.44. The second-order valence-electron chi connectivity index (χ2n) is 3.44. The van der Waals surface area contributed by atoms with Gasteiger partial charge in [0.15, 0.2) is 6.10 Å². The molecule has 0 saturated heterocycles. The average Bonchev–Trinajstić information content (AvgIpc) is 2.28. The van der Waals surface area contributed by atoms with Crippen LogP contribution in [0.2, 0.25) is 0 Å². The van der Waals surface area contributed by atoms with Gasteiger partial charge in [-0.1, -0.05) is 24.3 Å². The average molecular weight is 250 g/mol. The third-order valence-electron chi connectivity index (χ3n) is 2.08. The Kier molecular flexibility index (Phi) is 4.92. The van der Waals surface area contributed by atoms with E-state index in [4.69, 9.17) is 9.84 Å². The summed E-state index contributed by atoms with van der Waals surface area (Å²) in [6.07, 6.45) is -7.09. The van der Waals surface area contributed by atoms with Crippen molar-refractivity contribution in [2.45, 2.75) is 18.9 Å². The fourth-order valence-corrected chi connectivity index (χ4v) is 1.23. The molecule has 0 aliphatic heterocycles. The van der Waals surface area contributed by atoms with Gasteiger partial charge in [0.05, 0.1) is 6.61 Å². The second kappa shape index (κ2) is 6.00. The molecule has 1 N–H and O–H groups in total. The quantitative estimate of drug-likeness (QED) is 0.644. The molecule has 0 fully saturated rings. The number of alkyl halides is 3. The first-order chi connectivity index (χ1) is 7.95. The van der Waals surface area contributed by atoms with E-state index < -0.39 is 12.3 Å². The summed E-state index contributed by atoms with van der Waals surface area (Å²) in [7, 11) is 1.47. The van der Waals surface area contributed by atoms with Crippen molar-refractivity contribution in [3.63, 3.8) is 0 Å². The largest absolute Gasteiger partial charge is 0.418 e. The van der Waals surface area contributed by atoms with Gasteiger partial charge in [-0.2, -0.15) is 13.2 Å². The monoisotopic (exact) mass is 250 g/mol. The van der Waals surface area contributed by atoms with Crippen molar-refractivity contribution in [3.05, 3.63) is 35.4 Å². The first-order valence-electron chi connectivity index (χ1n) is 4.85. The Hall–Kier alpha value is -1.11. The zero-order valence-electron chi connectivity index (χ0n) is 9.20. The highest BCUT2D eigenvalue weighted by Gasteiger charge is 2.39. The van der Waals surface area contributed by atoms with Gasteiger partial charge in [-0.3, -0.25) is 0 Å². The van der Waals surface area contributed by atoms with Crippen molar-refractivity contribution in [3.8, 4) is 0 Å². The Bertz CT molecular complexity index is 335. The summed E-state index contributed by atoms with van der Waals surface area (Å²) in [4.78, 5) is 0. The molecule has 0 aromatic heterocycles. The fraction of sp³-hybridized carbons (Fsp3) is 0.455. The molecule has 0 amide bonds. The summed E-state index contributed by atoms with van der Waals surface area (Å²) in [5.41, 5.74) is 0.521. The molecule has 17 heavy (non-hydrogen) atoms. The van der Waals surface area contributed by atoms with E-state index >= 15 is 0 Å². The molecule has 6 heteroatoms. The fourth-order valence-electron chi connectivity index (χ4n) is 1.23. The molecule has 0 aliphatic rings. The highest BCUT2D eigenvalue weighted by atomic mass is 19.4. The van der Waals surface area contributed by atoms with Crippen LogP contribution in [0.4, 0.5) is 13.2 Å². The van der Waals surface area contributed by atoms with Crippen LogP contribution in [-0.4, -0.2) is 25.2 Å². The van der Waals surface area contributed by atoms with Crippen LogP contribution in [0.15, 0.2) is 24.3 Å². The summed E-state index contributed by atoms with van der Waals surface area (Å²) in [6, 6.07) is 5.40. The normalized spacial score (nSPS) is 13.7. The topological polar surface area (TPSA) is 38.7 Å². The number of hydrogen-bond acceptors (Lipinski definition) is 3. The van der Waals surface area contributed by atoms with Gasteiger partial charge in [0, 0.05) is 7.11 Å². The van der Waals surface area contributed by atoms with E-state index in [1.54, 1.807) is 0 Å². The van der Waals surface area contributed by atoms with E-state index in [0.717, 1.165) is 0 Å². The minimum absolute atomic E-state index is 0.118. The maximum Gasteiger partial charge on any atom is 0.418 e. The highest BCUT2D eigenvalue weighted by Crippen LogP contribution is 2.32. The number of hydrogen-bond donors (Lipinski definition) is 1. The van der Waals surface area contributed by atoms with Crippen LogP contribution < -0.4 is 0 Å². The number of aliphatic hydroxyl groups is 1. The SMILES string of the molecule is COCOCc1ccc(C(O)C(F)(F)F)cc1. The lowest BCUT2D eigenvalue weighted by molar-refractivity contribution is -0.206. The molecule has 0 bridgehead atoms. The molecule has 96 valence electrons. The predicted octanol–water partition coefficient (Wildman–Crippen LogP) is 2.40. The third kappa shape index (κ3) is 4.33. The molecule has 0 spiro atoms. The Balaban J connectivity index is 2.61. The van der Waals surface area contributed by atoms with Crippen LogP contribution in [0.3, 0.4) is 0 Å². The number of halogens is 3. The van der Waals surface area contributed by atoms with Gasteiger partial charge < -0.3 is 14.6 Å². The number of aliphatic hydroxyl groups excluding tert-OH is 1. The van der Waals surface area contributed by atoms with Crippen molar-refractivity contribution in [1.82, 2.24) is 0 Å². The summed E-state index contributed by atoms with van der Waals surface area (Å²) in [6.45, 7) is 0.364. The van der Waals surface area contributed by atoms with Crippen molar-refractivity contribution < 1.29 is 27.8 Å². The molecule has 1 unspecified atom stereocenters. The first kappa shape index (κ1) is 14.0. The van der Waals surface area contributed by atoms with Crippen LogP contribution in [-0.2, 0) is 16.1 Å². The van der Waals surface area contributed by atoms with Gasteiger partial charge in [-0.15, -0.1) is 0 Å². The number of benzene rings is 1. The van der Waals surface area contributed by atoms with E-state index in [1.165, 1.54) is 31.4 Å². The molecular formula is C11H13F3O3. The van der Waals surface area contributed by atoms with Crippen LogP contribution in [0, 0.1) is 0 Å². The lowest BCUT2D eigenvalue weighted by Crippen LogP contribution is -2.20. The smallest absolute Gasteiger partial charge is 0.379 e. The zero-order valence-corrected chi connectivity index (χ0v) is 9.20. The molecule has 0 radical (unpaired) electrons. The van der Waals surface area contributed by atoms with Crippen molar-refractivity contribution in [2.75, 3.05) is 13.9 Å². The van der Waals surface area contributed by atoms with E-state index in [-0.39, 0.29) is 19.0 Å². The van der Waals surface area contributed by atoms with Crippen molar-refractivity contribution in [2.24, 2.45) is 0 Å². The molecule has 1 rings (SSSR count). The van der Waals surface area contributed by atoms with Gasteiger partial charge in [0.2, 0.25) is 0 Å². The molecule has 0 aliphatic carbocycles. The van der Waals surface area contributed by atoms with Crippen LogP contribution in [0.1, 0.15) is 17.2 Å². The van der Waals surface area contributed by atoms with E-state index in [9.17, 15) is 13.2 Å². The van der Waals surface area contributed by atoms with E-state index in [1.807, 2.05) is 0 Å². The molecule has 0 heterocycles. The number of methoxy groups -OCH3 is 1. The summed E-state index contributed by atoms with van der Waals surface area (Å²) in [5, 5.41) is 8.99. The molecule has 0 saturated carbocycles. The van der Waals surface area contributed by atoms with Gasteiger partial charge in [0.1, 0.15) is 6.79 Å². The molecular weight excluding hydrogens is 237 g/mol. The Morgan fingerprint density at radius 1 is 1.24 bits per heavy atom. The molecule has 1 aromatic rings. The lowest BCUT2D eigenvalue weighted by atomic mass is 10.1. The summed E-state index contributed by atoms with van der Waals surface area (Å²) >= 11 is 0. The Morgan fingerprint density at radius 2 is 1.82 bits per heavy atom. The standard InChI is InChI=1S/C11H13F3O3/c1-16-7-17-6-8-2-4-9(5-3-8)10(15)11(12,13)14/h2-5,10,15H,6-7H2,1H3. The van der Waals surface area contributed by atoms with Crippen molar-refractivity contribution >= 4 is 0 Å². The Morgan fingerprint density at radius 3 is 2.29 bits per heavy atom. The molecule has 3 nitrogen and oxygen atoms in total. The zero-order chi connectivity index (χ0) is 12.9. The third-order valence-corrected chi connectivity index (χ3v) is 2.08. The van der Waals surface area contributed by atoms with Crippen LogP contribution in [0.25, 0.3) is 0 Å². The van der Waals surface area contributed by atoms with Crippen molar-refractivity contribution in [1.29, 1.82) is 0 Å². The van der Waals surface area contributed by atoms with E-state index in [2.05, 4.69) is 4.74 Å². The maximum atomic E-state index is 12.2. The van der Waals surface area contributed by atoms with Crippen LogP contribution >= 0.6 is 0 Å². The molecule has 1 aromatic carbocycles. The summed E-state index contributed by atoms with van der Waals surface area (Å²) < 4.78 is 46.3. The minimum Gasteiger partial charge on any atom is -0.379 e. The van der Waals surface area contributed by atoms with Gasteiger partial charge in [0.25, 0.3) is 0 Å². The van der Waals surface area contributed by atoms with Gasteiger partial charge >= 0.3 is 6.18 Å². The lowest BCUT2D eigenvalue weighted by Gasteiger charge is -2.15. The number of rotatable bonds is 5. The van der Waals surface area contributed by atoms with Crippen LogP contribution in [0.5, 0.6) is 0 Å². The minimum atomic E-state index is -4.64. The highest BCUT2D eigenvalue weighted by molar-refractivity contribution is 5.24. The van der Waals surface area contributed by atoms with Gasteiger partial charge in [-0.25, -0.2) is 0 Å². The Labute approximate surface area is 96.8 Å². The summed E-state index contributed by atoms with van der Waals surface area (Å²) in [5.74, 6) is 0. The van der Waals surface area contributed by atoms with E-state index in [0.29, 0.717) is 5.56 Å². The predicted molar refractivity (Wildman–Crippen MR) is 54.1 cm³/mol. The first-order valence-corrected chi connectivity index (χ1v) is 4.85. The number of ether oxygens (including phenoxy) is 2. The van der Waals surface area contributed by atoms with Gasteiger partial charge in [-0.05, 0) is 11.1 Å².